The largest absolute Gasteiger partial charge is 0.310 e. The molecule has 1 aliphatic carbocycles. The average Bonchev–Trinajstić information content (AvgIpc) is 3.59. The van der Waals surface area contributed by atoms with E-state index in [9.17, 15) is 0 Å². The average molecular weight is 821 g/mol. The molecule has 0 saturated heterocycles. The number of fused-ring (bicyclic) bond motifs is 3. The van der Waals surface area contributed by atoms with Crippen LogP contribution in [0, 0.1) is 27.7 Å². The molecule has 0 fully saturated rings. The lowest BCUT2D eigenvalue weighted by Crippen LogP contribution is -2.29. The van der Waals surface area contributed by atoms with E-state index in [4.69, 9.17) is 0 Å². The maximum absolute atomic E-state index is 2.50. The number of hydrogen-bond donors (Lipinski definition) is 0. The first-order valence-corrected chi connectivity index (χ1v) is 23.1. The second kappa shape index (κ2) is 18.0. The number of hydrogen-bond acceptors (Lipinski definition) is 2. The maximum Gasteiger partial charge on any atom is 0.0715 e. The monoisotopic (exact) mass is 820 g/mol. The van der Waals surface area contributed by atoms with Crippen molar-refractivity contribution in [3.63, 3.8) is 0 Å². The van der Waals surface area contributed by atoms with Crippen molar-refractivity contribution in [2.45, 2.75) is 85.5 Å². The maximum atomic E-state index is 2.50. The zero-order chi connectivity index (χ0) is 43.5. The van der Waals surface area contributed by atoms with Gasteiger partial charge in [0, 0.05) is 34.1 Å². The summed E-state index contributed by atoms with van der Waals surface area (Å²) in [5, 5.41) is 0. The Bertz CT molecular complexity index is 2630. The summed E-state index contributed by atoms with van der Waals surface area (Å²) < 4.78 is 0. The first-order chi connectivity index (χ1) is 30.8. The fourth-order valence-corrected chi connectivity index (χ4v) is 9.72. The molecule has 0 amide bonds. The highest BCUT2D eigenvalue weighted by atomic mass is 15.1. The lowest BCUT2D eigenvalue weighted by molar-refractivity contribution is 0.767. The van der Waals surface area contributed by atoms with Gasteiger partial charge in [-0.05, 0) is 171 Å². The molecule has 63 heavy (non-hydrogen) atoms. The van der Waals surface area contributed by atoms with Crippen LogP contribution in [-0.2, 0) is 18.3 Å². The molecule has 0 heterocycles. The van der Waals surface area contributed by atoms with Crippen molar-refractivity contribution in [1.29, 1.82) is 0 Å². The smallest absolute Gasteiger partial charge is 0.0715 e. The van der Waals surface area contributed by atoms with E-state index in [-0.39, 0.29) is 0 Å². The summed E-state index contributed by atoms with van der Waals surface area (Å²) in [4.78, 5) is 4.92. The zero-order valence-electron chi connectivity index (χ0n) is 38.0. The van der Waals surface area contributed by atoms with Gasteiger partial charge >= 0.3 is 0 Å². The van der Waals surface area contributed by atoms with Gasteiger partial charge in [-0.1, -0.05) is 158 Å². The van der Waals surface area contributed by atoms with Gasteiger partial charge in [0.25, 0.3) is 0 Å². The minimum Gasteiger partial charge on any atom is -0.310 e. The van der Waals surface area contributed by atoms with Crippen molar-refractivity contribution in [3.05, 3.63) is 238 Å². The SMILES string of the molecule is CCCCc1cccc(N(c2ccc(C)cc2)c2ccc3c(c2)C(c2ccc(C)cc2)(c2ccc(C)cc2)c2cc(N(c4ccc(C)cc4)c4cccc(CCCC)c4)ccc2-3)c1. The van der Waals surface area contributed by atoms with Crippen molar-refractivity contribution < 1.29 is 0 Å². The van der Waals surface area contributed by atoms with Gasteiger partial charge in [0.2, 0.25) is 0 Å². The number of rotatable bonds is 14. The Hall–Kier alpha value is -6.64. The van der Waals surface area contributed by atoms with Gasteiger partial charge < -0.3 is 9.80 Å². The van der Waals surface area contributed by atoms with Crippen molar-refractivity contribution >= 4 is 34.1 Å². The number of aryl methyl sites for hydroxylation is 6. The predicted octanol–water partition coefficient (Wildman–Crippen LogP) is 16.9. The highest BCUT2D eigenvalue weighted by molar-refractivity contribution is 5.92. The normalized spacial score (nSPS) is 12.5. The van der Waals surface area contributed by atoms with Crippen LogP contribution in [0.15, 0.2) is 182 Å². The molecule has 8 aromatic carbocycles. The quantitative estimate of drug-likeness (QED) is 0.108. The Morgan fingerprint density at radius 1 is 0.349 bits per heavy atom. The number of anilines is 6. The van der Waals surface area contributed by atoms with E-state index in [1.807, 2.05) is 0 Å². The topological polar surface area (TPSA) is 6.48 Å². The molecule has 0 aromatic heterocycles. The molecule has 0 spiro atoms. The Morgan fingerprint density at radius 3 is 1.05 bits per heavy atom. The van der Waals surface area contributed by atoms with E-state index in [1.165, 1.54) is 104 Å². The van der Waals surface area contributed by atoms with Gasteiger partial charge in [0.1, 0.15) is 0 Å². The van der Waals surface area contributed by atoms with E-state index in [2.05, 4.69) is 233 Å². The predicted molar refractivity (Wildman–Crippen MR) is 269 cm³/mol. The van der Waals surface area contributed by atoms with Crippen LogP contribution in [0.5, 0.6) is 0 Å². The molecular weight excluding hydrogens is 761 g/mol. The number of benzene rings is 8. The number of nitrogens with zero attached hydrogens (tertiary/aromatic N) is 2. The van der Waals surface area contributed by atoms with E-state index in [1.54, 1.807) is 0 Å². The van der Waals surface area contributed by atoms with E-state index in [0.29, 0.717) is 0 Å². The third kappa shape index (κ3) is 8.12. The summed E-state index contributed by atoms with van der Waals surface area (Å²) in [5.41, 5.74) is 21.7. The Labute approximate surface area is 376 Å². The Balaban J connectivity index is 1.31. The van der Waals surface area contributed by atoms with E-state index >= 15 is 0 Å². The summed E-state index contributed by atoms with van der Waals surface area (Å²) in [7, 11) is 0. The van der Waals surface area contributed by atoms with Crippen LogP contribution in [0.3, 0.4) is 0 Å². The van der Waals surface area contributed by atoms with Crippen molar-refractivity contribution in [3.8, 4) is 11.1 Å². The van der Waals surface area contributed by atoms with Gasteiger partial charge in [0.15, 0.2) is 0 Å². The molecule has 0 saturated carbocycles. The molecule has 0 N–H and O–H groups in total. The molecule has 0 atom stereocenters. The molecule has 2 heteroatoms. The van der Waals surface area contributed by atoms with Crippen LogP contribution < -0.4 is 9.80 Å². The lowest BCUT2D eigenvalue weighted by atomic mass is 9.67. The standard InChI is InChI=1S/C61H60N2/c1-7-9-13-47-15-11-17-53(39-47)62(51-31-23-45(5)24-32-51)55-35-37-57-58-38-36-56(63(52-33-25-46(6)26-34-52)54-18-12-16-48(40-54)14-10-8-2)42-60(58)61(59(57)41-55,49-27-19-43(3)20-28-49)50-29-21-44(4)22-30-50/h11-12,15-42H,7-10,13-14H2,1-6H3. The Morgan fingerprint density at radius 2 is 0.683 bits per heavy atom. The summed E-state index contributed by atoms with van der Waals surface area (Å²) in [6.45, 7) is 13.3. The van der Waals surface area contributed by atoms with Crippen LogP contribution in [-0.4, -0.2) is 0 Å². The molecule has 9 rings (SSSR count). The molecular formula is C61H60N2. The molecule has 0 radical (unpaired) electrons. The minimum absolute atomic E-state index is 0.609. The molecule has 0 bridgehead atoms. The van der Waals surface area contributed by atoms with Crippen molar-refractivity contribution in [1.82, 2.24) is 0 Å². The Kier molecular flexibility index (Phi) is 11.9. The lowest BCUT2D eigenvalue weighted by Gasteiger charge is -2.36. The van der Waals surface area contributed by atoms with Gasteiger partial charge in [-0.2, -0.15) is 0 Å². The molecule has 314 valence electrons. The van der Waals surface area contributed by atoms with Gasteiger partial charge in [0.05, 0.1) is 5.41 Å². The summed E-state index contributed by atoms with van der Waals surface area (Å²) in [6, 6.07) is 69.5. The van der Waals surface area contributed by atoms with Crippen LogP contribution in [0.4, 0.5) is 34.1 Å². The molecule has 8 aromatic rings. The highest BCUT2D eigenvalue weighted by Crippen LogP contribution is 2.58. The molecule has 0 unspecified atom stereocenters. The van der Waals surface area contributed by atoms with Crippen LogP contribution >= 0.6 is 0 Å². The fourth-order valence-electron chi connectivity index (χ4n) is 9.72. The highest BCUT2D eigenvalue weighted by Gasteiger charge is 2.47. The van der Waals surface area contributed by atoms with Crippen molar-refractivity contribution in [2.75, 3.05) is 9.80 Å². The van der Waals surface area contributed by atoms with E-state index < -0.39 is 5.41 Å². The molecule has 1 aliphatic rings. The number of unbranched alkanes of at least 4 members (excludes halogenated alkanes) is 2. The van der Waals surface area contributed by atoms with Crippen LogP contribution in [0.2, 0.25) is 0 Å². The molecule has 2 nitrogen and oxygen atoms in total. The second-order valence-electron chi connectivity index (χ2n) is 17.8. The first kappa shape index (κ1) is 41.7. The second-order valence-corrected chi connectivity index (χ2v) is 17.8. The molecule has 0 aliphatic heterocycles. The van der Waals surface area contributed by atoms with E-state index in [0.717, 1.165) is 35.6 Å². The fraction of sp³-hybridized carbons (Fsp3) is 0.213. The summed E-state index contributed by atoms with van der Waals surface area (Å²) in [6.07, 6.45) is 6.84. The third-order valence-corrected chi connectivity index (χ3v) is 13.1. The zero-order valence-corrected chi connectivity index (χ0v) is 38.0. The van der Waals surface area contributed by atoms with Gasteiger partial charge in [-0.25, -0.2) is 0 Å². The summed E-state index contributed by atoms with van der Waals surface area (Å²) in [5.74, 6) is 0. The van der Waals surface area contributed by atoms with Gasteiger partial charge in [-0.3, -0.25) is 0 Å². The van der Waals surface area contributed by atoms with Crippen LogP contribution in [0.1, 0.15) is 95.2 Å². The third-order valence-electron chi connectivity index (χ3n) is 13.1. The van der Waals surface area contributed by atoms with Crippen molar-refractivity contribution in [2.24, 2.45) is 0 Å². The first-order valence-electron chi connectivity index (χ1n) is 23.1. The van der Waals surface area contributed by atoms with Gasteiger partial charge in [-0.15, -0.1) is 0 Å². The van der Waals surface area contributed by atoms with Crippen LogP contribution in [0.25, 0.3) is 11.1 Å². The summed E-state index contributed by atoms with van der Waals surface area (Å²) >= 11 is 0. The minimum atomic E-state index is -0.609.